The Balaban J connectivity index is 0.000000213. The maximum absolute atomic E-state index is 10.8. The molecule has 2 aromatic heterocycles. The van der Waals surface area contributed by atoms with Gasteiger partial charge in [-0.05, 0) is 30.8 Å². The van der Waals surface area contributed by atoms with Crippen LogP contribution in [0, 0.1) is 0 Å². The van der Waals surface area contributed by atoms with E-state index in [1.807, 2.05) is 31.2 Å². The van der Waals surface area contributed by atoms with E-state index in [1.165, 1.54) is 0 Å². The van der Waals surface area contributed by atoms with Gasteiger partial charge in [-0.2, -0.15) is 0 Å². The predicted molar refractivity (Wildman–Crippen MR) is 50.5 cm³/mol. The lowest BCUT2D eigenvalue weighted by molar-refractivity contribution is 1.14. The van der Waals surface area contributed by atoms with Gasteiger partial charge in [-0.1, -0.05) is 6.92 Å². The van der Waals surface area contributed by atoms with E-state index in [0.29, 0.717) is 0 Å². The van der Waals surface area contributed by atoms with Crippen LogP contribution in [-0.2, 0) is 0 Å². The summed E-state index contributed by atoms with van der Waals surface area (Å²) in [4.78, 5) is 13.5. The molecule has 0 saturated carbocycles. The van der Waals surface area contributed by atoms with Gasteiger partial charge in [-0.15, -0.1) is 0 Å². The smallest absolute Gasteiger partial charge is 0.255 e. The molecule has 0 saturated heterocycles. The first-order valence-electron chi connectivity index (χ1n) is 3.89. The quantitative estimate of drug-likeness (QED) is 0.608. The molecule has 3 N–H and O–H groups in total. The summed E-state index contributed by atoms with van der Waals surface area (Å²) in [6, 6.07) is 7.40. The summed E-state index contributed by atoms with van der Waals surface area (Å²) in [5.41, 5.74) is 5.74. The topological polar surface area (TPSA) is 58.9 Å². The Morgan fingerprint density at radius 3 is 2.00 bits per heavy atom. The van der Waals surface area contributed by atoms with E-state index in [2.05, 4.69) is 4.98 Å². The highest BCUT2D eigenvalue weighted by Crippen LogP contribution is 2.01. The summed E-state index contributed by atoms with van der Waals surface area (Å²) in [6.45, 7) is 2.65. The Hall–Kier alpha value is -1.35. The fourth-order valence-corrected chi connectivity index (χ4v) is 0.908. The summed E-state index contributed by atoms with van der Waals surface area (Å²) >= 11 is 0. The first kappa shape index (κ1) is 8.74. The standard InChI is InChI=1S/C7H5NO.C2H7N/c9-7-5-1-3-6(8-7)4-2-5;1-2-3/h1-4H,(H,8,9);2-3H2,1H3. The molecule has 0 aliphatic heterocycles. The van der Waals surface area contributed by atoms with Crippen LogP contribution in [0.5, 0.6) is 0 Å². The number of H-pyrrole nitrogens is 1. The van der Waals surface area contributed by atoms with Crippen molar-refractivity contribution >= 4 is 10.9 Å². The molecule has 12 heavy (non-hydrogen) atoms. The van der Waals surface area contributed by atoms with Crippen molar-refractivity contribution in [1.82, 2.24) is 4.98 Å². The van der Waals surface area contributed by atoms with Crippen molar-refractivity contribution < 1.29 is 0 Å². The van der Waals surface area contributed by atoms with Crippen molar-refractivity contribution in [2.45, 2.75) is 6.92 Å². The van der Waals surface area contributed by atoms with Gasteiger partial charge in [-0.3, -0.25) is 4.79 Å². The van der Waals surface area contributed by atoms with Crippen molar-refractivity contribution in [1.29, 1.82) is 0 Å². The summed E-state index contributed by atoms with van der Waals surface area (Å²) in [6.07, 6.45) is 0. The zero-order chi connectivity index (χ0) is 8.97. The Labute approximate surface area is 70.5 Å². The number of rotatable bonds is 0. The van der Waals surface area contributed by atoms with Crippen LogP contribution in [-0.4, -0.2) is 11.5 Å². The lowest BCUT2D eigenvalue weighted by Gasteiger charge is -1.93. The minimum atomic E-state index is 0.00926. The number of aromatic amines is 1. The average Bonchev–Trinajstić information content (AvgIpc) is 2.07. The molecule has 0 amide bonds. The average molecular weight is 164 g/mol. The lowest BCUT2D eigenvalue weighted by Crippen LogP contribution is -2.05. The van der Waals surface area contributed by atoms with E-state index >= 15 is 0 Å². The molecule has 0 unspecified atom stereocenters. The molecule has 1 aromatic carbocycles. The SMILES string of the molecule is CCN.O=c1[nH]c2ccc1cc2. The number of fused-ring (bicyclic) bond motifs is 3. The number of aromatic nitrogens is 1. The van der Waals surface area contributed by atoms with Crippen LogP contribution in [0.1, 0.15) is 6.92 Å². The molecule has 0 aliphatic carbocycles. The third-order valence-corrected chi connectivity index (χ3v) is 1.40. The second kappa shape index (κ2) is 3.88. The molecular formula is C9H12N2O. The van der Waals surface area contributed by atoms with Crippen molar-refractivity contribution in [3.8, 4) is 0 Å². The fourth-order valence-electron chi connectivity index (χ4n) is 0.908. The van der Waals surface area contributed by atoms with E-state index in [-0.39, 0.29) is 5.56 Å². The molecule has 0 radical (unpaired) electrons. The first-order chi connectivity index (χ1) is 5.77. The Morgan fingerprint density at radius 1 is 1.33 bits per heavy atom. The van der Waals surface area contributed by atoms with E-state index < -0.39 is 0 Å². The normalized spacial score (nSPS) is 9.50. The Morgan fingerprint density at radius 2 is 1.83 bits per heavy atom. The molecule has 0 atom stereocenters. The van der Waals surface area contributed by atoms with Crippen LogP contribution in [0.15, 0.2) is 29.1 Å². The molecule has 3 aromatic rings. The molecule has 0 aliphatic rings. The summed E-state index contributed by atoms with van der Waals surface area (Å²) in [7, 11) is 0. The van der Waals surface area contributed by atoms with Crippen LogP contribution in [0.25, 0.3) is 10.9 Å². The fraction of sp³-hybridized carbons (Fsp3) is 0.222. The number of pyridine rings is 2. The lowest BCUT2D eigenvalue weighted by atomic mass is 10.2. The van der Waals surface area contributed by atoms with Gasteiger partial charge in [0, 0.05) is 10.9 Å². The van der Waals surface area contributed by atoms with Gasteiger partial charge in [0.25, 0.3) is 5.56 Å². The third kappa shape index (κ3) is 1.83. The van der Waals surface area contributed by atoms with Gasteiger partial charge in [-0.25, -0.2) is 0 Å². The highest BCUT2D eigenvalue weighted by Gasteiger charge is 1.92. The molecule has 0 fully saturated rings. The molecular weight excluding hydrogens is 152 g/mol. The third-order valence-electron chi connectivity index (χ3n) is 1.40. The van der Waals surface area contributed by atoms with E-state index in [4.69, 9.17) is 5.73 Å². The summed E-state index contributed by atoms with van der Waals surface area (Å²) in [5, 5.41) is 0.741. The largest absolute Gasteiger partial charge is 0.331 e. The number of benzene rings is 1. The summed E-state index contributed by atoms with van der Waals surface area (Å²) in [5.74, 6) is 0. The zero-order valence-electron chi connectivity index (χ0n) is 7.00. The van der Waals surface area contributed by atoms with Crippen molar-refractivity contribution in [3.63, 3.8) is 0 Å². The van der Waals surface area contributed by atoms with Gasteiger partial charge >= 0.3 is 0 Å². The van der Waals surface area contributed by atoms with Gasteiger partial charge in [0.2, 0.25) is 0 Å². The number of nitrogens with two attached hydrogens (primary N) is 1. The molecule has 0 spiro atoms. The molecule has 3 nitrogen and oxygen atoms in total. The van der Waals surface area contributed by atoms with Gasteiger partial charge in [0.05, 0.1) is 0 Å². The Bertz CT molecular complexity index is 360. The van der Waals surface area contributed by atoms with Crippen molar-refractivity contribution in [3.05, 3.63) is 34.6 Å². The van der Waals surface area contributed by atoms with Gasteiger partial charge in [0.1, 0.15) is 0 Å². The van der Waals surface area contributed by atoms with Crippen molar-refractivity contribution in [2.24, 2.45) is 5.73 Å². The number of nitrogens with one attached hydrogen (secondary N) is 1. The molecule has 64 valence electrons. The predicted octanol–water partition coefficient (Wildman–Crippen LogP) is 0.931. The van der Waals surface area contributed by atoms with Crippen LogP contribution < -0.4 is 11.3 Å². The highest BCUT2D eigenvalue weighted by molar-refractivity contribution is 5.62. The highest BCUT2D eigenvalue weighted by atomic mass is 16.1. The minimum absolute atomic E-state index is 0.00926. The Kier molecular flexibility index (Phi) is 2.82. The van der Waals surface area contributed by atoms with E-state index in [9.17, 15) is 4.79 Å². The minimum Gasteiger partial charge on any atom is -0.331 e. The first-order valence-corrected chi connectivity index (χ1v) is 3.89. The van der Waals surface area contributed by atoms with Gasteiger partial charge < -0.3 is 10.7 Å². The second-order valence-corrected chi connectivity index (χ2v) is 2.44. The second-order valence-electron chi connectivity index (χ2n) is 2.44. The maximum atomic E-state index is 10.8. The summed E-state index contributed by atoms with van der Waals surface area (Å²) < 4.78 is 0. The number of hydrogen-bond acceptors (Lipinski definition) is 2. The van der Waals surface area contributed by atoms with Gasteiger partial charge in [0.15, 0.2) is 0 Å². The van der Waals surface area contributed by atoms with Crippen molar-refractivity contribution in [2.75, 3.05) is 6.54 Å². The maximum Gasteiger partial charge on any atom is 0.255 e. The molecule has 2 heterocycles. The van der Waals surface area contributed by atoms with Crippen LogP contribution in [0.3, 0.4) is 0 Å². The van der Waals surface area contributed by atoms with Crippen LogP contribution >= 0.6 is 0 Å². The molecule has 3 heteroatoms. The van der Waals surface area contributed by atoms with E-state index in [1.54, 1.807) is 0 Å². The molecule has 3 rings (SSSR count). The van der Waals surface area contributed by atoms with Crippen LogP contribution in [0.2, 0.25) is 0 Å². The van der Waals surface area contributed by atoms with E-state index in [0.717, 1.165) is 17.4 Å². The zero-order valence-corrected chi connectivity index (χ0v) is 7.00. The number of hydrogen-bond donors (Lipinski definition) is 2. The molecule has 2 bridgehead atoms. The monoisotopic (exact) mass is 164 g/mol. The van der Waals surface area contributed by atoms with Crippen LogP contribution in [0.4, 0.5) is 0 Å².